The Morgan fingerprint density at radius 3 is 2.29 bits per heavy atom. The second-order valence-corrected chi connectivity index (χ2v) is 8.45. The number of ether oxygens (including phenoxy) is 2. The highest BCUT2D eigenvalue weighted by Crippen LogP contribution is 2.28. The molecule has 0 fully saturated rings. The Kier molecular flexibility index (Phi) is 6.50. The van der Waals surface area contributed by atoms with Crippen LogP contribution in [0, 0.1) is 13.8 Å². The van der Waals surface area contributed by atoms with Crippen LogP contribution in [0.1, 0.15) is 16.8 Å². The Morgan fingerprint density at radius 2 is 1.71 bits per heavy atom. The predicted octanol–water partition coefficient (Wildman–Crippen LogP) is 3.29. The summed E-state index contributed by atoms with van der Waals surface area (Å²) < 4.78 is 42.9. The molecule has 0 saturated heterocycles. The number of aryl methyl sites for hydroxylation is 1. The monoisotopic (exact) mass is 445 g/mol. The first-order valence-electron chi connectivity index (χ1n) is 9.30. The maximum atomic E-state index is 12.5. The Hall–Kier alpha value is -3.53. The van der Waals surface area contributed by atoms with E-state index in [0.29, 0.717) is 28.4 Å². The average molecular weight is 445 g/mol. The fraction of sp³-hybridized carbons (Fsp3) is 0.238. The summed E-state index contributed by atoms with van der Waals surface area (Å²) in [5.74, 6) is 0.929. The van der Waals surface area contributed by atoms with Gasteiger partial charge in [-0.1, -0.05) is 11.2 Å². The third kappa shape index (κ3) is 5.15. The summed E-state index contributed by atoms with van der Waals surface area (Å²) in [7, 11) is -0.789. The summed E-state index contributed by atoms with van der Waals surface area (Å²) in [6.45, 7) is 3.43. The molecule has 0 spiro atoms. The molecular weight excluding hydrogens is 422 g/mol. The molecule has 0 saturated carbocycles. The molecule has 3 aromatic rings. The summed E-state index contributed by atoms with van der Waals surface area (Å²) in [6.07, 6.45) is 0.117. The number of nitrogens with one attached hydrogen (secondary N) is 2. The number of hydrogen-bond donors (Lipinski definition) is 2. The van der Waals surface area contributed by atoms with Crippen molar-refractivity contribution in [1.82, 2.24) is 5.16 Å². The van der Waals surface area contributed by atoms with Crippen LogP contribution in [-0.2, 0) is 21.2 Å². The molecule has 0 aliphatic carbocycles. The van der Waals surface area contributed by atoms with E-state index in [0.717, 1.165) is 5.56 Å². The maximum absolute atomic E-state index is 12.5. The number of aromatic nitrogens is 1. The van der Waals surface area contributed by atoms with E-state index in [1.54, 1.807) is 32.0 Å². The van der Waals surface area contributed by atoms with E-state index in [-0.39, 0.29) is 23.1 Å². The normalized spacial score (nSPS) is 11.1. The first-order chi connectivity index (χ1) is 14.7. The number of anilines is 2. The van der Waals surface area contributed by atoms with E-state index < -0.39 is 10.0 Å². The Bertz CT molecular complexity index is 1190. The van der Waals surface area contributed by atoms with E-state index in [1.165, 1.54) is 38.5 Å². The van der Waals surface area contributed by atoms with Gasteiger partial charge in [-0.3, -0.25) is 4.79 Å². The molecule has 31 heavy (non-hydrogen) atoms. The minimum atomic E-state index is -3.85. The second-order valence-electron chi connectivity index (χ2n) is 6.77. The molecule has 1 aromatic heterocycles. The highest BCUT2D eigenvalue weighted by molar-refractivity contribution is 7.92. The maximum Gasteiger partial charge on any atom is 0.264 e. The SMILES string of the molecule is COc1ccc(CC(=O)Nc2ccc(S(=O)(=O)Nc3onc(C)c3C)cc2)cc1OC. The zero-order chi connectivity index (χ0) is 22.6. The highest BCUT2D eigenvalue weighted by atomic mass is 32.2. The summed E-state index contributed by atoms with van der Waals surface area (Å²) in [6, 6.07) is 11.0. The third-order valence-electron chi connectivity index (χ3n) is 4.65. The van der Waals surface area contributed by atoms with Gasteiger partial charge >= 0.3 is 0 Å². The van der Waals surface area contributed by atoms with Crippen molar-refractivity contribution in [2.24, 2.45) is 0 Å². The van der Waals surface area contributed by atoms with Gasteiger partial charge in [-0.2, -0.15) is 0 Å². The number of amides is 1. The Labute approximate surface area is 180 Å². The fourth-order valence-electron chi connectivity index (χ4n) is 2.79. The first-order valence-corrected chi connectivity index (χ1v) is 10.8. The lowest BCUT2D eigenvalue weighted by molar-refractivity contribution is -0.115. The van der Waals surface area contributed by atoms with Gasteiger partial charge in [0, 0.05) is 11.3 Å². The number of sulfonamides is 1. The van der Waals surface area contributed by atoms with Crippen LogP contribution in [0.4, 0.5) is 11.6 Å². The van der Waals surface area contributed by atoms with Crippen molar-refractivity contribution in [2.75, 3.05) is 24.3 Å². The second kappa shape index (κ2) is 9.09. The molecule has 9 nitrogen and oxygen atoms in total. The molecule has 1 heterocycles. The Balaban J connectivity index is 1.66. The molecule has 0 radical (unpaired) electrons. The smallest absolute Gasteiger partial charge is 0.264 e. The molecule has 1 amide bonds. The number of nitrogens with zero attached hydrogens (tertiary/aromatic N) is 1. The van der Waals surface area contributed by atoms with E-state index in [4.69, 9.17) is 14.0 Å². The number of hydrogen-bond acceptors (Lipinski definition) is 7. The van der Waals surface area contributed by atoms with Crippen molar-refractivity contribution in [3.05, 3.63) is 59.3 Å². The molecule has 0 bridgehead atoms. The lowest BCUT2D eigenvalue weighted by atomic mass is 10.1. The van der Waals surface area contributed by atoms with Gasteiger partial charge in [0.1, 0.15) is 0 Å². The van der Waals surface area contributed by atoms with Crippen LogP contribution in [0.5, 0.6) is 11.5 Å². The van der Waals surface area contributed by atoms with Gasteiger partial charge in [-0.15, -0.1) is 0 Å². The fourth-order valence-corrected chi connectivity index (χ4v) is 3.84. The van der Waals surface area contributed by atoms with E-state index in [2.05, 4.69) is 15.2 Å². The largest absolute Gasteiger partial charge is 0.493 e. The standard InChI is InChI=1S/C21H23N3O6S/c1-13-14(2)23-30-21(13)24-31(26,27)17-8-6-16(7-9-17)22-20(25)12-15-5-10-18(28-3)19(11-15)29-4/h5-11,24H,12H2,1-4H3,(H,22,25). The van der Waals surface area contributed by atoms with Crippen molar-refractivity contribution in [3.63, 3.8) is 0 Å². The zero-order valence-corrected chi connectivity index (χ0v) is 18.4. The van der Waals surface area contributed by atoms with Crippen LogP contribution in [0.15, 0.2) is 51.9 Å². The van der Waals surface area contributed by atoms with Gasteiger partial charge in [-0.05, 0) is 55.8 Å². The molecule has 164 valence electrons. The lowest BCUT2D eigenvalue weighted by Crippen LogP contribution is -2.15. The number of benzene rings is 2. The molecular formula is C21H23N3O6S. The average Bonchev–Trinajstić information content (AvgIpc) is 3.05. The van der Waals surface area contributed by atoms with Crippen molar-refractivity contribution in [1.29, 1.82) is 0 Å². The number of methoxy groups -OCH3 is 2. The minimum Gasteiger partial charge on any atom is -0.493 e. The van der Waals surface area contributed by atoms with E-state index in [9.17, 15) is 13.2 Å². The van der Waals surface area contributed by atoms with Crippen molar-refractivity contribution in [3.8, 4) is 11.5 Å². The van der Waals surface area contributed by atoms with Gasteiger partial charge in [0.15, 0.2) is 11.5 Å². The Morgan fingerprint density at radius 1 is 1.03 bits per heavy atom. The van der Waals surface area contributed by atoms with E-state index in [1.807, 2.05) is 0 Å². The predicted molar refractivity (Wildman–Crippen MR) is 115 cm³/mol. The molecule has 10 heteroatoms. The summed E-state index contributed by atoms with van der Waals surface area (Å²) in [5, 5.41) is 6.47. The van der Waals surface area contributed by atoms with Crippen LogP contribution in [0.3, 0.4) is 0 Å². The topological polar surface area (TPSA) is 120 Å². The van der Waals surface area contributed by atoms with Crippen LogP contribution >= 0.6 is 0 Å². The van der Waals surface area contributed by atoms with Crippen molar-refractivity contribution >= 4 is 27.5 Å². The van der Waals surface area contributed by atoms with Crippen LogP contribution < -0.4 is 19.5 Å². The molecule has 2 N–H and O–H groups in total. The van der Waals surface area contributed by atoms with Crippen LogP contribution in [-0.4, -0.2) is 33.7 Å². The molecule has 2 aromatic carbocycles. The lowest BCUT2D eigenvalue weighted by Gasteiger charge is -2.10. The number of rotatable bonds is 8. The van der Waals surface area contributed by atoms with Gasteiger partial charge in [-0.25, -0.2) is 13.1 Å². The number of carbonyl (C=O) groups is 1. The summed E-state index contributed by atoms with van der Waals surface area (Å²) >= 11 is 0. The molecule has 3 rings (SSSR count). The summed E-state index contributed by atoms with van der Waals surface area (Å²) in [5.41, 5.74) is 2.43. The van der Waals surface area contributed by atoms with Crippen molar-refractivity contribution in [2.45, 2.75) is 25.2 Å². The van der Waals surface area contributed by atoms with Crippen LogP contribution in [0.2, 0.25) is 0 Å². The number of carbonyl (C=O) groups excluding carboxylic acids is 1. The first kappa shape index (κ1) is 22.2. The summed E-state index contributed by atoms with van der Waals surface area (Å²) in [4.78, 5) is 12.4. The van der Waals surface area contributed by atoms with Crippen molar-refractivity contribution < 1.29 is 27.2 Å². The molecule has 0 atom stereocenters. The quantitative estimate of drug-likeness (QED) is 0.546. The molecule has 0 aliphatic rings. The third-order valence-corrected chi connectivity index (χ3v) is 5.99. The highest BCUT2D eigenvalue weighted by Gasteiger charge is 2.19. The van der Waals surface area contributed by atoms with Crippen LogP contribution in [0.25, 0.3) is 0 Å². The van der Waals surface area contributed by atoms with Gasteiger partial charge in [0.25, 0.3) is 10.0 Å². The minimum absolute atomic E-state index is 0.0267. The van der Waals surface area contributed by atoms with Gasteiger partial charge in [0.2, 0.25) is 11.8 Å². The molecule has 0 aliphatic heterocycles. The van der Waals surface area contributed by atoms with Gasteiger partial charge < -0.3 is 19.3 Å². The van der Waals surface area contributed by atoms with Gasteiger partial charge in [0.05, 0.1) is 31.2 Å². The molecule has 0 unspecified atom stereocenters. The van der Waals surface area contributed by atoms with E-state index >= 15 is 0 Å². The zero-order valence-electron chi connectivity index (χ0n) is 17.6.